The van der Waals surface area contributed by atoms with E-state index in [4.69, 9.17) is 5.73 Å². The van der Waals surface area contributed by atoms with Crippen molar-refractivity contribution in [2.75, 3.05) is 24.6 Å². The smallest absolute Gasteiger partial charge is 0.251 e. The van der Waals surface area contributed by atoms with Gasteiger partial charge in [-0.3, -0.25) is 4.79 Å². The number of hydrogen-bond acceptors (Lipinski definition) is 3. The molecule has 3 rings (SSSR count). The molecule has 20 heavy (non-hydrogen) atoms. The van der Waals surface area contributed by atoms with E-state index in [0.717, 1.165) is 30.0 Å². The molecule has 0 bridgehead atoms. The van der Waals surface area contributed by atoms with Gasteiger partial charge in [0.15, 0.2) is 0 Å². The van der Waals surface area contributed by atoms with E-state index in [-0.39, 0.29) is 5.91 Å². The van der Waals surface area contributed by atoms with Gasteiger partial charge in [0.1, 0.15) is 0 Å². The van der Waals surface area contributed by atoms with Gasteiger partial charge in [0.25, 0.3) is 5.91 Å². The maximum absolute atomic E-state index is 11.7. The fraction of sp³-hybridized carbons (Fsp3) is 0.562. The lowest BCUT2D eigenvalue weighted by Crippen LogP contribution is -2.20. The maximum atomic E-state index is 11.7. The van der Waals surface area contributed by atoms with Crippen LogP contribution in [0.25, 0.3) is 0 Å². The van der Waals surface area contributed by atoms with E-state index in [9.17, 15) is 4.79 Å². The predicted molar refractivity (Wildman–Crippen MR) is 81.7 cm³/mol. The summed E-state index contributed by atoms with van der Waals surface area (Å²) >= 11 is 0. The van der Waals surface area contributed by atoms with Crippen LogP contribution in [0, 0.1) is 17.8 Å². The minimum absolute atomic E-state index is 0.0750. The summed E-state index contributed by atoms with van der Waals surface area (Å²) < 4.78 is 0. The van der Waals surface area contributed by atoms with Crippen LogP contribution in [0.1, 0.15) is 36.0 Å². The molecule has 1 amide bonds. The molecule has 0 aliphatic heterocycles. The average Bonchev–Trinajstić information content (AvgIpc) is 3.33. The molecule has 0 aromatic heterocycles. The van der Waals surface area contributed by atoms with Crippen LogP contribution in [0.3, 0.4) is 0 Å². The largest absolute Gasteiger partial charge is 0.397 e. The second kappa shape index (κ2) is 5.35. The number of carbonyl (C=O) groups is 1. The number of hydrogen-bond donors (Lipinski definition) is 3. The maximum Gasteiger partial charge on any atom is 0.251 e. The molecule has 0 atom stereocenters. The van der Waals surface area contributed by atoms with Crippen LogP contribution >= 0.6 is 0 Å². The zero-order chi connectivity index (χ0) is 14.1. The van der Waals surface area contributed by atoms with Gasteiger partial charge >= 0.3 is 0 Å². The molecule has 0 saturated heterocycles. The number of amides is 1. The van der Waals surface area contributed by atoms with Gasteiger partial charge in [0.05, 0.1) is 11.4 Å². The monoisotopic (exact) mass is 273 g/mol. The molecule has 4 heteroatoms. The first-order valence-corrected chi connectivity index (χ1v) is 7.54. The number of nitrogens with one attached hydrogen (secondary N) is 2. The summed E-state index contributed by atoms with van der Waals surface area (Å²) in [6, 6.07) is 5.42. The molecular weight excluding hydrogens is 250 g/mol. The number of anilines is 2. The van der Waals surface area contributed by atoms with E-state index in [1.165, 1.54) is 25.7 Å². The van der Waals surface area contributed by atoms with Crippen molar-refractivity contribution in [3.05, 3.63) is 23.8 Å². The van der Waals surface area contributed by atoms with E-state index in [1.54, 1.807) is 19.2 Å². The van der Waals surface area contributed by atoms with Gasteiger partial charge in [-0.25, -0.2) is 0 Å². The molecule has 0 radical (unpaired) electrons. The Morgan fingerprint density at radius 2 is 1.95 bits per heavy atom. The second-order valence-electron chi connectivity index (χ2n) is 6.10. The van der Waals surface area contributed by atoms with Gasteiger partial charge < -0.3 is 16.4 Å². The first-order chi connectivity index (χ1) is 9.69. The molecular formula is C16H23N3O. The highest BCUT2D eigenvalue weighted by molar-refractivity contribution is 5.96. The van der Waals surface area contributed by atoms with Crippen molar-refractivity contribution in [3.8, 4) is 0 Å². The molecule has 2 fully saturated rings. The summed E-state index contributed by atoms with van der Waals surface area (Å²) in [6.07, 6.45) is 5.54. The molecule has 1 aromatic rings. The molecule has 2 saturated carbocycles. The van der Waals surface area contributed by atoms with Gasteiger partial charge in [0, 0.05) is 19.2 Å². The van der Waals surface area contributed by atoms with Crippen LogP contribution in [0.2, 0.25) is 0 Å². The number of nitrogens with two attached hydrogens (primary N) is 1. The highest BCUT2D eigenvalue weighted by atomic mass is 16.1. The van der Waals surface area contributed by atoms with Gasteiger partial charge in [-0.15, -0.1) is 0 Å². The minimum atomic E-state index is -0.0750. The molecule has 108 valence electrons. The summed E-state index contributed by atoms with van der Waals surface area (Å²) in [5, 5.41) is 6.11. The number of carbonyl (C=O) groups excluding carboxylic acids is 1. The normalized spacial score (nSPS) is 18.1. The number of nitrogen functional groups attached to an aromatic ring is 1. The van der Waals surface area contributed by atoms with Crippen LogP contribution in [0.15, 0.2) is 18.2 Å². The molecule has 4 N–H and O–H groups in total. The Kier molecular flexibility index (Phi) is 3.55. The quantitative estimate of drug-likeness (QED) is 0.698. The SMILES string of the molecule is CNC(=O)c1ccc(N)c(NCC(C2CC2)C2CC2)c1. The van der Waals surface area contributed by atoms with Gasteiger partial charge in [-0.2, -0.15) is 0 Å². The van der Waals surface area contributed by atoms with Crippen LogP contribution in [0.4, 0.5) is 11.4 Å². The third-order valence-electron chi connectivity index (χ3n) is 4.53. The van der Waals surface area contributed by atoms with E-state index in [1.807, 2.05) is 6.07 Å². The van der Waals surface area contributed by atoms with Crippen molar-refractivity contribution in [2.24, 2.45) is 17.8 Å². The van der Waals surface area contributed by atoms with E-state index in [0.29, 0.717) is 11.3 Å². The van der Waals surface area contributed by atoms with Crippen molar-refractivity contribution in [2.45, 2.75) is 25.7 Å². The lowest BCUT2D eigenvalue weighted by Gasteiger charge is -2.18. The number of rotatable bonds is 6. The summed E-state index contributed by atoms with van der Waals surface area (Å²) in [7, 11) is 1.64. The number of benzene rings is 1. The highest BCUT2D eigenvalue weighted by Gasteiger charge is 2.41. The molecule has 1 aromatic carbocycles. The van der Waals surface area contributed by atoms with Gasteiger partial charge in [-0.05, 0) is 61.6 Å². The zero-order valence-electron chi connectivity index (χ0n) is 12.0. The van der Waals surface area contributed by atoms with Crippen LogP contribution in [0.5, 0.6) is 0 Å². The summed E-state index contributed by atoms with van der Waals surface area (Å²) in [4.78, 5) is 11.7. The van der Waals surface area contributed by atoms with Crippen molar-refractivity contribution >= 4 is 17.3 Å². The Morgan fingerprint density at radius 3 is 2.50 bits per heavy atom. The Hall–Kier alpha value is -1.71. The predicted octanol–water partition coefficient (Wildman–Crippen LogP) is 2.48. The summed E-state index contributed by atoms with van der Waals surface area (Å²) in [5.41, 5.74) is 8.26. The van der Waals surface area contributed by atoms with Crippen molar-refractivity contribution in [3.63, 3.8) is 0 Å². The average molecular weight is 273 g/mol. The molecule has 0 spiro atoms. The Bertz CT molecular complexity index is 494. The summed E-state index contributed by atoms with van der Waals surface area (Å²) in [5.74, 6) is 2.55. The minimum Gasteiger partial charge on any atom is -0.397 e. The topological polar surface area (TPSA) is 67.2 Å². The van der Waals surface area contributed by atoms with Crippen molar-refractivity contribution < 1.29 is 4.79 Å². The fourth-order valence-electron chi connectivity index (χ4n) is 2.99. The first kappa shape index (κ1) is 13.3. The van der Waals surface area contributed by atoms with Crippen molar-refractivity contribution in [1.82, 2.24) is 5.32 Å². The van der Waals surface area contributed by atoms with Crippen LogP contribution in [-0.2, 0) is 0 Å². The van der Waals surface area contributed by atoms with E-state index in [2.05, 4.69) is 10.6 Å². The first-order valence-electron chi connectivity index (χ1n) is 7.54. The molecule has 0 heterocycles. The summed E-state index contributed by atoms with van der Waals surface area (Å²) in [6.45, 7) is 0.983. The lowest BCUT2D eigenvalue weighted by atomic mass is 9.98. The van der Waals surface area contributed by atoms with Gasteiger partial charge in [-0.1, -0.05) is 0 Å². The standard InChI is InChI=1S/C16H23N3O/c1-18-16(20)12-6-7-14(17)15(8-12)19-9-13(10-2-3-10)11-4-5-11/h6-8,10-11,13,19H,2-5,9,17H2,1H3,(H,18,20). The highest BCUT2D eigenvalue weighted by Crippen LogP contribution is 2.49. The van der Waals surface area contributed by atoms with E-state index < -0.39 is 0 Å². The molecule has 2 aliphatic carbocycles. The third-order valence-corrected chi connectivity index (χ3v) is 4.53. The Morgan fingerprint density at radius 1 is 1.30 bits per heavy atom. The molecule has 4 nitrogen and oxygen atoms in total. The Labute approximate surface area is 120 Å². The van der Waals surface area contributed by atoms with Crippen LogP contribution in [-0.4, -0.2) is 19.5 Å². The van der Waals surface area contributed by atoms with Crippen LogP contribution < -0.4 is 16.4 Å². The zero-order valence-corrected chi connectivity index (χ0v) is 12.0. The lowest BCUT2D eigenvalue weighted by molar-refractivity contribution is 0.0963. The second-order valence-corrected chi connectivity index (χ2v) is 6.10. The van der Waals surface area contributed by atoms with Crippen molar-refractivity contribution in [1.29, 1.82) is 0 Å². The third kappa shape index (κ3) is 2.89. The fourth-order valence-corrected chi connectivity index (χ4v) is 2.99. The molecule has 0 unspecified atom stereocenters. The van der Waals surface area contributed by atoms with Gasteiger partial charge in [0.2, 0.25) is 0 Å². The van der Waals surface area contributed by atoms with E-state index >= 15 is 0 Å². The Balaban J connectivity index is 1.67. The molecule has 2 aliphatic rings.